The molecule has 6 heteroatoms. The zero-order valence-electron chi connectivity index (χ0n) is 16.7. The minimum atomic E-state index is 0.117. The van der Waals surface area contributed by atoms with E-state index in [2.05, 4.69) is 17.1 Å². The first-order valence-electron chi connectivity index (χ1n) is 10.1. The molecule has 3 aromatic rings. The number of nitrogens with zero attached hydrogens (tertiary/aromatic N) is 2. The topological polar surface area (TPSA) is 51.7 Å². The molecule has 1 amide bonds. The number of piperidine rings is 1. The maximum Gasteiger partial charge on any atom is 0.274 e. The number of benzene rings is 2. The highest BCUT2D eigenvalue weighted by Gasteiger charge is 2.24. The van der Waals surface area contributed by atoms with Crippen LogP contribution in [-0.4, -0.2) is 42.1 Å². The number of thiazole rings is 1. The van der Waals surface area contributed by atoms with Crippen molar-refractivity contribution < 1.29 is 14.3 Å². The van der Waals surface area contributed by atoms with Crippen molar-refractivity contribution in [2.24, 2.45) is 0 Å². The molecule has 1 aliphatic rings. The molecule has 0 saturated carbocycles. The number of carbonyl (C=O) groups is 1. The van der Waals surface area contributed by atoms with E-state index in [9.17, 15) is 4.79 Å². The van der Waals surface area contributed by atoms with Gasteiger partial charge in [-0.25, -0.2) is 4.98 Å². The lowest BCUT2D eigenvalue weighted by atomic mass is 10.1. The van der Waals surface area contributed by atoms with Gasteiger partial charge in [-0.2, -0.15) is 0 Å². The predicted octanol–water partition coefficient (Wildman–Crippen LogP) is 4.70. The first-order chi connectivity index (χ1) is 14.2. The maximum atomic E-state index is 12.5. The van der Waals surface area contributed by atoms with Crippen LogP contribution >= 0.6 is 11.3 Å². The van der Waals surface area contributed by atoms with Gasteiger partial charge in [0.25, 0.3) is 5.19 Å². The van der Waals surface area contributed by atoms with Crippen molar-refractivity contribution >= 4 is 27.5 Å². The largest absolute Gasteiger partial charge is 0.497 e. The fraction of sp³-hybridized carbons (Fsp3) is 0.391. The molecule has 1 aliphatic heterocycles. The summed E-state index contributed by atoms with van der Waals surface area (Å²) in [5.74, 6) is 1.06. The van der Waals surface area contributed by atoms with Crippen molar-refractivity contribution in [3.63, 3.8) is 0 Å². The quantitative estimate of drug-likeness (QED) is 0.567. The third-order valence-corrected chi connectivity index (χ3v) is 6.26. The smallest absolute Gasteiger partial charge is 0.274 e. The van der Waals surface area contributed by atoms with Gasteiger partial charge in [0.05, 0.1) is 17.3 Å². The molecule has 2 aromatic carbocycles. The highest BCUT2D eigenvalue weighted by atomic mass is 32.1. The minimum absolute atomic E-state index is 0.117. The van der Waals surface area contributed by atoms with Gasteiger partial charge in [0, 0.05) is 38.4 Å². The van der Waals surface area contributed by atoms with Gasteiger partial charge in [-0.1, -0.05) is 41.7 Å². The maximum absolute atomic E-state index is 12.5. The number of amides is 1. The van der Waals surface area contributed by atoms with E-state index in [-0.39, 0.29) is 12.0 Å². The van der Waals surface area contributed by atoms with E-state index in [4.69, 9.17) is 9.47 Å². The monoisotopic (exact) mass is 410 g/mol. The van der Waals surface area contributed by atoms with Crippen molar-refractivity contribution in [3.8, 4) is 10.9 Å². The number of likely N-dealkylation sites (tertiary alicyclic amines) is 1. The SMILES string of the molecule is COc1ccc2sc(OC3CCN(C(=O)CCCc4ccccc4)CC3)nc2c1. The average molecular weight is 411 g/mol. The Morgan fingerprint density at radius 1 is 1.17 bits per heavy atom. The van der Waals surface area contributed by atoms with Crippen LogP contribution in [0.15, 0.2) is 48.5 Å². The summed E-state index contributed by atoms with van der Waals surface area (Å²) >= 11 is 1.56. The Hall–Kier alpha value is -2.60. The lowest BCUT2D eigenvalue weighted by Gasteiger charge is -2.31. The highest BCUT2D eigenvalue weighted by Crippen LogP contribution is 2.32. The van der Waals surface area contributed by atoms with E-state index in [1.165, 1.54) is 5.56 Å². The van der Waals surface area contributed by atoms with Crippen LogP contribution in [-0.2, 0) is 11.2 Å². The van der Waals surface area contributed by atoms with E-state index in [1.807, 2.05) is 41.3 Å². The van der Waals surface area contributed by atoms with Gasteiger partial charge in [0.1, 0.15) is 11.9 Å². The van der Waals surface area contributed by atoms with Crippen molar-refractivity contribution in [1.29, 1.82) is 0 Å². The van der Waals surface area contributed by atoms with Crippen LogP contribution in [0.5, 0.6) is 10.9 Å². The van der Waals surface area contributed by atoms with Crippen LogP contribution in [0, 0.1) is 0 Å². The van der Waals surface area contributed by atoms with Crippen LogP contribution in [0.4, 0.5) is 0 Å². The molecule has 152 valence electrons. The molecule has 0 bridgehead atoms. The fourth-order valence-corrected chi connectivity index (χ4v) is 4.54. The number of hydrogen-bond donors (Lipinski definition) is 0. The standard InChI is InChI=1S/C23H26N2O3S/c1-27-19-10-11-21-20(16-19)24-23(29-21)28-18-12-14-25(15-13-18)22(26)9-5-8-17-6-3-2-4-7-17/h2-4,6-7,10-11,16,18H,5,8-9,12-15H2,1H3. The highest BCUT2D eigenvalue weighted by molar-refractivity contribution is 7.20. The van der Waals surface area contributed by atoms with Gasteiger partial charge in [-0.15, -0.1) is 0 Å². The molecule has 1 saturated heterocycles. The summed E-state index contributed by atoms with van der Waals surface area (Å²) in [5, 5.41) is 0.695. The number of methoxy groups -OCH3 is 1. The molecular weight excluding hydrogens is 384 g/mol. The van der Waals surface area contributed by atoms with E-state index in [0.717, 1.165) is 54.7 Å². The van der Waals surface area contributed by atoms with Crippen molar-refractivity contribution in [1.82, 2.24) is 9.88 Å². The van der Waals surface area contributed by atoms with Crippen LogP contribution < -0.4 is 9.47 Å². The van der Waals surface area contributed by atoms with E-state index in [0.29, 0.717) is 11.6 Å². The molecule has 1 aromatic heterocycles. The molecule has 0 unspecified atom stereocenters. The van der Waals surface area contributed by atoms with Gasteiger partial charge >= 0.3 is 0 Å². The molecule has 1 fully saturated rings. The fourth-order valence-electron chi connectivity index (χ4n) is 3.68. The van der Waals surface area contributed by atoms with E-state index >= 15 is 0 Å². The molecule has 4 rings (SSSR count). The Labute approximate surface area is 175 Å². The lowest BCUT2D eigenvalue weighted by Crippen LogP contribution is -2.41. The van der Waals surface area contributed by atoms with Gasteiger partial charge in [0.15, 0.2) is 0 Å². The Morgan fingerprint density at radius 3 is 2.72 bits per heavy atom. The number of ether oxygens (including phenoxy) is 2. The first kappa shape index (κ1) is 19.7. The Bertz CT molecular complexity index is 949. The summed E-state index contributed by atoms with van der Waals surface area (Å²) in [7, 11) is 1.65. The molecule has 2 heterocycles. The lowest BCUT2D eigenvalue weighted by molar-refractivity contribution is -0.133. The molecule has 5 nitrogen and oxygen atoms in total. The Balaban J connectivity index is 1.23. The second-order valence-corrected chi connectivity index (χ2v) is 8.34. The summed E-state index contributed by atoms with van der Waals surface area (Å²) in [4.78, 5) is 19.0. The van der Waals surface area contributed by atoms with Crippen LogP contribution in [0.1, 0.15) is 31.2 Å². The number of carbonyl (C=O) groups excluding carboxylic acids is 1. The van der Waals surface area contributed by atoms with Crippen LogP contribution in [0.25, 0.3) is 10.2 Å². The number of aromatic nitrogens is 1. The zero-order chi connectivity index (χ0) is 20.1. The average Bonchev–Trinajstić information content (AvgIpc) is 3.16. The zero-order valence-corrected chi connectivity index (χ0v) is 17.5. The number of hydrogen-bond acceptors (Lipinski definition) is 5. The van der Waals surface area contributed by atoms with Crippen molar-refractivity contribution in [2.75, 3.05) is 20.2 Å². The van der Waals surface area contributed by atoms with Gasteiger partial charge < -0.3 is 14.4 Å². The van der Waals surface area contributed by atoms with Gasteiger partial charge in [-0.05, 0) is 30.5 Å². The molecule has 29 heavy (non-hydrogen) atoms. The molecule has 0 radical (unpaired) electrons. The third kappa shape index (κ3) is 5.07. The van der Waals surface area contributed by atoms with Crippen LogP contribution in [0.3, 0.4) is 0 Å². The third-order valence-electron chi connectivity index (χ3n) is 5.34. The summed E-state index contributed by atoms with van der Waals surface area (Å²) in [5.41, 5.74) is 2.19. The Kier molecular flexibility index (Phi) is 6.30. The molecule has 0 N–H and O–H groups in total. The van der Waals surface area contributed by atoms with Crippen LogP contribution in [0.2, 0.25) is 0 Å². The van der Waals surface area contributed by atoms with Gasteiger partial charge in [0.2, 0.25) is 5.91 Å². The normalized spacial score (nSPS) is 14.9. The summed E-state index contributed by atoms with van der Waals surface area (Å²) in [6.07, 6.45) is 4.28. The van der Waals surface area contributed by atoms with E-state index < -0.39 is 0 Å². The second-order valence-electron chi connectivity index (χ2n) is 7.35. The predicted molar refractivity (Wildman–Crippen MR) is 116 cm³/mol. The Morgan fingerprint density at radius 2 is 1.97 bits per heavy atom. The second kappa shape index (κ2) is 9.27. The molecule has 0 spiro atoms. The molecular formula is C23H26N2O3S. The summed E-state index contributed by atoms with van der Waals surface area (Å²) < 4.78 is 12.5. The van der Waals surface area contributed by atoms with Gasteiger partial charge in [-0.3, -0.25) is 4.79 Å². The number of rotatable bonds is 7. The summed E-state index contributed by atoms with van der Waals surface area (Å²) in [6.45, 7) is 1.51. The summed E-state index contributed by atoms with van der Waals surface area (Å²) in [6, 6.07) is 16.2. The van der Waals surface area contributed by atoms with Crippen molar-refractivity contribution in [2.45, 2.75) is 38.2 Å². The molecule has 0 aliphatic carbocycles. The number of aryl methyl sites for hydroxylation is 1. The molecule has 0 atom stereocenters. The first-order valence-corrected chi connectivity index (χ1v) is 11.0. The number of fused-ring (bicyclic) bond motifs is 1. The van der Waals surface area contributed by atoms with Crippen molar-refractivity contribution in [3.05, 3.63) is 54.1 Å². The van der Waals surface area contributed by atoms with E-state index in [1.54, 1.807) is 18.4 Å². The minimum Gasteiger partial charge on any atom is -0.497 e.